The molecular formula is C10H18ClNO2. The van der Waals surface area contributed by atoms with Gasteiger partial charge in [0, 0.05) is 11.8 Å². The molecule has 0 saturated carbocycles. The Morgan fingerprint density at radius 3 is 2.64 bits per heavy atom. The topological polar surface area (TPSA) is 63.3 Å². The van der Waals surface area contributed by atoms with Gasteiger partial charge < -0.3 is 10.8 Å². The Hall–Kier alpha value is -0.540. The number of halogens is 1. The third kappa shape index (κ3) is 6.00. The molecule has 3 N–H and O–H groups in total. The van der Waals surface area contributed by atoms with Crippen LogP contribution in [0, 0.1) is 5.92 Å². The Bertz CT molecular complexity index is 185. The number of unbranched alkanes of at least 4 members (excludes halogenated alkanes) is 1. The standard InChI is InChI=1S/C10H18ClNO2/c1-2-8(5-3-4-6-11)9(13)7-10(12)14/h2,8-9,13H,1,3-7H2,(H2,12,14)/t8?,9-/m0/s1. The molecule has 1 amide bonds. The van der Waals surface area contributed by atoms with Crippen LogP contribution in [0.1, 0.15) is 25.7 Å². The lowest BCUT2D eigenvalue weighted by atomic mass is 9.94. The van der Waals surface area contributed by atoms with Crippen molar-refractivity contribution in [3.05, 3.63) is 12.7 Å². The molecule has 0 fully saturated rings. The van der Waals surface area contributed by atoms with E-state index in [-0.39, 0.29) is 12.3 Å². The summed E-state index contributed by atoms with van der Waals surface area (Å²) in [5.74, 6) is 0.0721. The predicted octanol–water partition coefficient (Wildman–Crippen LogP) is 1.43. The van der Waals surface area contributed by atoms with Crippen LogP contribution in [0.5, 0.6) is 0 Å². The van der Waals surface area contributed by atoms with E-state index in [0.717, 1.165) is 19.3 Å². The zero-order chi connectivity index (χ0) is 11.0. The van der Waals surface area contributed by atoms with E-state index in [1.807, 2.05) is 0 Å². The van der Waals surface area contributed by atoms with Crippen LogP contribution in [-0.4, -0.2) is 23.0 Å². The zero-order valence-corrected chi connectivity index (χ0v) is 9.04. The molecule has 0 saturated heterocycles. The number of aliphatic hydroxyl groups is 1. The summed E-state index contributed by atoms with van der Waals surface area (Å²) in [6.45, 7) is 3.62. The summed E-state index contributed by atoms with van der Waals surface area (Å²) in [5, 5.41) is 9.57. The molecule has 0 rings (SSSR count). The molecule has 1 unspecified atom stereocenters. The summed E-state index contributed by atoms with van der Waals surface area (Å²) in [7, 11) is 0. The monoisotopic (exact) mass is 219 g/mol. The van der Waals surface area contributed by atoms with Gasteiger partial charge in [0.1, 0.15) is 0 Å². The van der Waals surface area contributed by atoms with Crippen molar-refractivity contribution < 1.29 is 9.90 Å². The normalized spacial score (nSPS) is 14.7. The molecule has 3 nitrogen and oxygen atoms in total. The highest BCUT2D eigenvalue weighted by molar-refractivity contribution is 6.17. The van der Waals surface area contributed by atoms with Crippen molar-refractivity contribution in [2.75, 3.05) is 5.88 Å². The lowest BCUT2D eigenvalue weighted by Crippen LogP contribution is -2.26. The van der Waals surface area contributed by atoms with Crippen molar-refractivity contribution in [3.63, 3.8) is 0 Å². The number of rotatable bonds is 8. The van der Waals surface area contributed by atoms with Gasteiger partial charge in [-0.05, 0) is 12.8 Å². The highest BCUT2D eigenvalue weighted by atomic mass is 35.5. The maximum absolute atomic E-state index is 10.6. The number of amides is 1. The highest BCUT2D eigenvalue weighted by Gasteiger charge is 2.17. The second kappa shape index (κ2) is 7.83. The van der Waals surface area contributed by atoms with Gasteiger partial charge in [-0.2, -0.15) is 0 Å². The summed E-state index contributed by atoms with van der Waals surface area (Å²) in [6, 6.07) is 0. The first-order chi connectivity index (χ1) is 6.61. The average molecular weight is 220 g/mol. The van der Waals surface area contributed by atoms with E-state index in [4.69, 9.17) is 17.3 Å². The van der Waals surface area contributed by atoms with Crippen molar-refractivity contribution >= 4 is 17.5 Å². The zero-order valence-electron chi connectivity index (χ0n) is 8.29. The van der Waals surface area contributed by atoms with Crippen LogP contribution in [0.15, 0.2) is 12.7 Å². The lowest BCUT2D eigenvalue weighted by Gasteiger charge is -2.17. The fourth-order valence-corrected chi connectivity index (χ4v) is 1.49. The summed E-state index contributed by atoms with van der Waals surface area (Å²) in [5.41, 5.74) is 4.99. The minimum Gasteiger partial charge on any atom is -0.392 e. The molecule has 0 aliphatic carbocycles. The number of hydrogen-bond acceptors (Lipinski definition) is 2. The molecule has 14 heavy (non-hydrogen) atoms. The van der Waals surface area contributed by atoms with E-state index in [2.05, 4.69) is 6.58 Å². The van der Waals surface area contributed by atoms with Gasteiger partial charge in [0.2, 0.25) is 5.91 Å². The van der Waals surface area contributed by atoms with Crippen LogP contribution in [-0.2, 0) is 4.79 Å². The van der Waals surface area contributed by atoms with Crippen LogP contribution < -0.4 is 5.73 Å². The highest BCUT2D eigenvalue weighted by Crippen LogP contribution is 2.16. The first-order valence-electron chi connectivity index (χ1n) is 4.76. The molecule has 0 bridgehead atoms. The van der Waals surface area contributed by atoms with Crippen LogP contribution >= 0.6 is 11.6 Å². The molecule has 0 aliphatic rings. The van der Waals surface area contributed by atoms with Crippen molar-refractivity contribution in [2.45, 2.75) is 31.8 Å². The van der Waals surface area contributed by atoms with Gasteiger partial charge in [0.05, 0.1) is 12.5 Å². The Kier molecular flexibility index (Phi) is 7.52. The van der Waals surface area contributed by atoms with Gasteiger partial charge in [0.15, 0.2) is 0 Å². The molecule has 0 aromatic rings. The Labute approximate surface area is 89.9 Å². The van der Waals surface area contributed by atoms with Gasteiger partial charge in [-0.25, -0.2) is 0 Å². The fraction of sp³-hybridized carbons (Fsp3) is 0.700. The van der Waals surface area contributed by atoms with E-state index >= 15 is 0 Å². The molecule has 0 radical (unpaired) electrons. The second-order valence-electron chi connectivity index (χ2n) is 3.32. The minimum absolute atomic E-state index is 0.00242. The number of nitrogens with two attached hydrogens (primary N) is 1. The second-order valence-corrected chi connectivity index (χ2v) is 3.70. The molecule has 4 heteroatoms. The molecule has 2 atom stereocenters. The molecular weight excluding hydrogens is 202 g/mol. The van der Waals surface area contributed by atoms with E-state index in [1.165, 1.54) is 0 Å². The van der Waals surface area contributed by atoms with Crippen molar-refractivity contribution in [1.29, 1.82) is 0 Å². The van der Waals surface area contributed by atoms with E-state index < -0.39 is 12.0 Å². The van der Waals surface area contributed by atoms with Crippen LogP contribution in [0.3, 0.4) is 0 Å². The smallest absolute Gasteiger partial charge is 0.220 e. The third-order valence-corrected chi connectivity index (χ3v) is 2.40. The Balaban J connectivity index is 3.86. The van der Waals surface area contributed by atoms with Gasteiger partial charge >= 0.3 is 0 Å². The van der Waals surface area contributed by atoms with Crippen molar-refractivity contribution in [2.24, 2.45) is 11.7 Å². The van der Waals surface area contributed by atoms with Crippen LogP contribution in [0.4, 0.5) is 0 Å². The lowest BCUT2D eigenvalue weighted by molar-refractivity contribution is -0.120. The van der Waals surface area contributed by atoms with E-state index in [1.54, 1.807) is 6.08 Å². The predicted molar refractivity (Wildman–Crippen MR) is 58.1 cm³/mol. The molecule has 0 aromatic heterocycles. The number of carbonyl (C=O) groups excluding carboxylic acids is 1. The fourth-order valence-electron chi connectivity index (χ4n) is 1.30. The summed E-state index contributed by atoms with van der Waals surface area (Å²) >= 11 is 5.53. The molecule has 82 valence electrons. The van der Waals surface area contributed by atoms with Gasteiger partial charge in [0.25, 0.3) is 0 Å². The third-order valence-electron chi connectivity index (χ3n) is 2.13. The SMILES string of the molecule is C=CC(CCCCCl)[C@@H](O)CC(N)=O. The first-order valence-corrected chi connectivity index (χ1v) is 5.30. The van der Waals surface area contributed by atoms with Gasteiger partial charge in [-0.1, -0.05) is 12.5 Å². The quantitative estimate of drug-likeness (QED) is 0.369. The van der Waals surface area contributed by atoms with Crippen molar-refractivity contribution in [3.8, 4) is 0 Å². The van der Waals surface area contributed by atoms with Crippen LogP contribution in [0.25, 0.3) is 0 Å². The summed E-state index contributed by atoms with van der Waals surface area (Å²) in [4.78, 5) is 10.6. The maximum atomic E-state index is 10.6. The Morgan fingerprint density at radius 2 is 2.21 bits per heavy atom. The number of alkyl halides is 1. The molecule has 0 aliphatic heterocycles. The summed E-state index contributed by atoms with van der Waals surface area (Å²) < 4.78 is 0. The number of primary amides is 1. The van der Waals surface area contributed by atoms with E-state index in [0.29, 0.717) is 5.88 Å². The molecule has 0 aromatic carbocycles. The average Bonchev–Trinajstić information content (AvgIpc) is 2.11. The minimum atomic E-state index is -0.708. The number of hydrogen-bond donors (Lipinski definition) is 2. The maximum Gasteiger partial charge on any atom is 0.220 e. The Morgan fingerprint density at radius 1 is 1.57 bits per heavy atom. The van der Waals surface area contributed by atoms with Gasteiger partial charge in [-0.3, -0.25) is 4.79 Å². The largest absolute Gasteiger partial charge is 0.392 e. The molecule has 0 heterocycles. The van der Waals surface area contributed by atoms with Crippen molar-refractivity contribution in [1.82, 2.24) is 0 Å². The first kappa shape index (κ1) is 13.5. The summed E-state index contributed by atoms with van der Waals surface area (Å²) in [6.07, 6.45) is 3.59. The number of aliphatic hydroxyl groups excluding tert-OH is 1. The van der Waals surface area contributed by atoms with E-state index in [9.17, 15) is 9.90 Å². The number of carbonyl (C=O) groups is 1. The molecule has 0 spiro atoms. The van der Waals surface area contributed by atoms with Crippen LogP contribution in [0.2, 0.25) is 0 Å². The van der Waals surface area contributed by atoms with Gasteiger partial charge in [-0.15, -0.1) is 18.2 Å².